The van der Waals surface area contributed by atoms with Crippen LogP contribution in [0, 0.1) is 13.8 Å². The third kappa shape index (κ3) is 3.45. The number of nitrogens with one attached hydrogen (secondary N) is 1. The van der Waals surface area contributed by atoms with Crippen molar-refractivity contribution in [1.82, 2.24) is 15.1 Å². The topological polar surface area (TPSA) is 29.9 Å². The molecule has 2 aromatic rings. The van der Waals surface area contributed by atoms with E-state index in [2.05, 4.69) is 71.4 Å². The van der Waals surface area contributed by atoms with Gasteiger partial charge in [0, 0.05) is 22.8 Å². The Balaban J connectivity index is 2.41. The molecule has 1 aromatic carbocycles. The number of aromatic nitrogens is 2. The van der Waals surface area contributed by atoms with Crippen LogP contribution < -0.4 is 5.32 Å². The van der Waals surface area contributed by atoms with E-state index in [1.807, 2.05) is 11.6 Å². The summed E-state index contributed by atoms with van der Waals surface area (Å²) >= 11 is 3.54. The average Bonchev–Trinajstić information content (AvgIpc) is 2.66. The predicted molar refractivity (Wildman–Crippen MR) is 82.7 cm³/mol. The second-order valence-corrected chi connectivity index (χ2v) is 6.06. The van der Waals surface area contributed by atoms with E-state index in [9.17, 15) is 0 Å². The van der Waals surface area contributed by atoms with Crippen LogP contribution in [0.2, 0.25) is 0 Å². The Morgan fingerprint density at radius 3 is 2.58 bits per heavy atom. The van der Waals surface area contributed by atoms with E-state index in [1.54, 1.807) is 0 Å². The first-order chi connectivity index (χ1) is 8.97. The van der Waals surface area contributed by atoms with Crippen molar-refractivity contribution in [3.63, 3.8) is 0 Å². The molecule has 3 nitrogen and oxygen atoms in total. The molecule has 4 heteroatoms. The molecule has 19 heavy (non-hydrogen) atoms. The van der Waals surface area contributed by atoms with Gasteiger partial charge in [0.05, 0.1) is 11.4 Å². The summed E-state index contributed by atoms with van der Waals surface area (Å²) in [5, 5.41) is 8.03. The molecule has 0 aliphatic heterocycles. The van der Waals surface area contributed by atoms with Crippen molar-refractivity contribution in [2.75, 3.05) is 0 Å². The van der Waals surface area contributed by atoms with E-state index in [0.717, 1.165) is 28.1 Å². The lowest BCUT2D eigenvalue weighted by atomic mass is 10.1. The molecule has 0 amide bonds. The van der Waals surface area contributed by atoms with Crippen molar-refractivity contribution in [2.45, 2.75) is 40.3 Å². The Labute approximate surface area is 123 Å². The minimum absolute atomic E-state index is 0.465. The molecule has 0 fully saturated rings. The normalized spacial score (nSPS) is 11.3. The van der Waals surface area contributed by atoms with Crippen LogP contribution in [-0.4, -0.2) is 15.8 Å². The maximum atomic E-state index is 4.57. The van der Waals surface area contributed by atoms with Crippen molar-refractivity contribution in [2.24, 2.45) is 0 Å². The standard InChI is InChI=1S/C15H20BrN3/c1-10(2)17-9-13-8-14(16)5-6-15(13)19-12(4)7-11(3)18-19/h5-8,10,17H,9H2,1-4H3. The van der Waals surface area contributed by atoms with Gasteiger partial charge in [-0.2, -0.15) is 5.10 Å². The third-order valence-electron chi connectivity index (χ3n) is 2.98. The fourth-order valence-electron chi connectivity index (χ4n) is 2.09. The van der Waals surface area contributed by atoms with Crippen LogP contribution in [0.3, 0.4) is 0 Å². The third-order valence-corrected chi connectivity index (χ3v) is 3.47. The molecule has 0 radical (unpaired) electrons. The quantitative estimate of drug-likeness (QED) is 0.929. The van der Waals surface area contributed by atoms with E-state index in [1.165, 1.54) is 5.56 Å². The minimum atomic E-state index is 0.465. The summed E-state index contributed by atoms with van der Waals surface area (Å²) in [5.74, 6) is 0. The van der Waals surface area contributed by atoms with Gasteiger partial charge in [-0.15, -0.1) is 0 Å². The van der Waals surface area contributed by atoms with Crippen LogP contribution >= 0.6 is 15.9 Å². The summed E-state index contributed by atoms with van der Waals surface area (Å²) in [6.45, 7) is 9.25. The molecule has 0 spiro atoms. The van der Waals surface area contributed by atoms with E-state index in [0.29, 0.717) is 6.04 Å². The Kier molecular flexibility index (Phi) is 4.42. The lowest BCUT2D eigenvalue weighted by molar-refractivity contribution is 0.586. The van der Waals surface area contributed by atoms with Gasteiger partial charge in [0.2, 0.25) is 0 Å². The van der Waals surface area contributed by atoms with Crippen molar-refractivity contribution in [1.29, 1.82) is 0 Å². The largest absolute Gasteiger partial charge is 0.310 e. The highest BCUT2D eigenvalue weighted by atomic mass is 79.9. The Morgan fingerprint density at radius 1 is 1.26 bits per heavy atom. The van der Waals surface area contributed by atoms with Gasteiger partial charge in [0.15, 0.2) is 0 Å². The van der Waals surface area contributed by atoms with Gasteiger partial charge in [-0.25, -0.2) is 4.68 Å². The van der Waals surface area contributed by atoms with Gasteiger partial charge in [0.1, 0.15) is 0 Å². The number of hydrogen-bond donors (Lipinski definition) is 1. The molecule has 1 heterocycles. The van der Waals surface area contributed by atoms with Crippen LogP contribution in [0.1, 0.15) is 30.8 Å². The first-order valence-corrected chi connectivity index (χ1v) is 7.32. The molecule has 1 N–H and O–H groups in total. The zero-order valence-corrected chi connectivity index (χ0v) is 13.5. The number of hydrogen-bond acceptors (Lipinski definition) is 2. The van der Waals surface area contributed by atoms with Crippen molar-refractivity contribution in [3.8, 4) is 5.69 Å². The van der Waals surface area contributed by atoms with Crippen molar-refractivity contribution >= 4 is 15.9 Å². The molecule has 0 unspecified atom stereocenters. The zero-order valence-electron chi connectivity index (χ0n) is 11.9. The van der Waals surface area contributed by atoms with Crippen LogP contribution in [0.5, 0.6) is 0 Å². The Morgan fingerprint density at radius 2 is 2.00 bits per heavy atom. The second-order valence-electron chi connectivity index (χ2n) is 5.15. The van der Waals surface area contributed by atoms with Gasteiger partial charge in [-0.05, 0) is 43.7 Å². The lowest BCUT2D eigenvalue weighted by Crippen LogP contribution is -2.23. The number of halogens is 1. The lowest BCUT2D eigenvalue weighted by Gasteiger charge is -2.14. The fourth-order valence-corrected chi connectivity index (χ4v) is 2.50. The highest BCUT2D eigenvalue weighted by Crippen LogP contribution is 2.21. The molecule has 0 bridgehead atoms. The number of aryl methyl sites for hydroxylation is 2. The van der Waals surface area contributed by atoms with Gasteiger partial charge >= 0.3 is 0 Å². The van der Waals surface area contributed by atoms with Gasteiger partial charge in [-0.1, -0.05) is 29.8 Å². The van der Waals surface area contributed by atoms with Gasteiger partial charge in [0.25, 0.3) is 0 Å². The molecule has 0 atom stereocenters. The molecule has 2 rings (SSSR count). The Hall–Kier alpha value is -1.13. The van der Waals surface area contributed by atoms with Crippen LogP contribution in [-0.2, 0) is 6.54 Å². The SMILES string of the molecule is Cc1cc(C)n(-c2ccc(Br)cc2CNC(C)C)n1. The van der Waals surface area contributed by atoms with Gasteiger partial charge in [-0.3, -0.25) is 0 Å². The smallest absolute Gasteiger partial charge is 0.0694 e. The maximum absolute atomic E-state index is 4.57. The summed E-state index contributed by atoms with van der Waals surface area (Å²) in [7, 11) is 0. The highest BCUT2D eigenvalue weighted by Gasteiger charge is 2.09. The van der Waals surface area contributed by atoms with Crippen LogP contribution in [0.25, 0.3) is 5.69 Å². The monoisotopic (exact) mass is 321 g/mol. The molecular formula is C15H20BrN3. The molecule has 0 aliphatic carbocycles. The van der Waals surface area contributed by atoms with Crippen LogP contribution in [0.4, 0.5) is 0 Å². The molecular weight excluding hydrogens is 302 g/mol. The zero-order chi connectivity index (χ0) is 14.0. The van der Waals surface area contributed by atoms with Crippen molar-refractivity contribution < 1.29 is 0 Å². The Bertz CT molecular complexity index is 573. The van der Waals surface area contributed by atoms with E-state index in [4.69, 9.17) is 0 Å². The van der Waals surface area contributed by atoms with E-state index < -0.39 is 0 Å². The molecule has 1 aromatic heterocycles. The average molecular weight is 322 g/mol. The molecule has 0 saturated heterocycles. The summed E-state index contributed by atoms with van der Waals surface area (Å²) in [6, 6.07) is 8.89. The van der Waals surface area contributed by atoms with Crippen molar-refractivity contribution in [3.05, 3.63) is 45.7 Å². The predicted octanol–water partition coefficient (Wildman–Crippen LogP) is 3.75. The fraction of sp³-hybridized carbons (Fsp3) is 0.400. The first-order valence-electron chi connectivity index (χ1n) is 6.53. The number of nitrogens with zero attached hydrogens (tertiary/aromatic N) is 2. The van der Waals surface area contributed by atoms with E-state index >= 15 is 0 Å². The minimum Gasteiger partial charge on any atom is -0.310 e. The summed E-state index contributed by atoms with van der Waals surface area (Å²) in [4.78, 5) is 0. The molecule has 102 valence electrons. The maximum Gasteiger partial charge on any atom is 0.0694 e. The summed E-state index contributed by atoms with van der Waals surface area (Å²) in [6.07, 6.45) is 0. The molecule has 0 aliphatic rings. The van der Waals surface area contributed by atoms with Gasteiger partial charge < -0.3 is 5.32 Å². The first kappa shape index (κ1) is 14.3. The number of rotatable bonds is 4. The second kappa shape index (κ2) is 5.88. The summed E-state index contributed by atoms with van der Waals surface area (Å²) in [5.41, 5.74) is 4.59. The summed E-state index contributed by atoms with van der Waals surface area (Å²) < 4.78 is 3.11. The molecule has 0 saturated carbocycles. The van der Waals surface area contributed by atoms with E-state index in [-0.39, 0.29) is 0 Å². The van der Waals surface area contributed by atoms with Crippen LogP contribution in [0.15, 0.2) is 28.7 Å². The highest BCUT2D eigenvalue weighted by molar-refractivity contribution is 9.10. The number of benzene rings is 1.